The van der Waals surface area contributed by atoms with Crippen molar-refractivity contribution in [3.63, 3.8) is 0 Å². The van der Waals surface area contributed by atoms with E-state index in [4.69, 9.17) is 56.5 Å². The average molecular weight is 753 g/mol. The van der Waals surface area contributed by atoms with Gasteiger partial charge in [-0.25, -0.2) is 4.79 Å². The second-order valence-electron chi connectivity index (χ2n) is 11.9. The van der Waals surface area contributed by atoms with Crippen molar-refractivity contribution in [1.82, 2.24) is 0 Å². The van der Waals surface area contributed by atoms with Crippen molar-refractivity contribution in [3.8, 4) is 11.5 Å². The van der Waals surface area contributed by atoms with Crippen LogP contribution in [0.25, 0.3) is 11.0 Å². The van der Waals surface area contributed by atoms with E-state index in [2.05, 4.69) is 0 Å². The van der Waals surface area contributed by atoms with Crippen LogP contribution in [0.4, 0.5) is 0 Å². The van der Waals surface area contributed by atoms with Crippen LogP contribution in [0.5, 0.6) is 11.5 Å². The lowest BCUT2D eigenvalue weighted by molar-refractivity contribution is -0.356. The van der Waals surface area contributed by atoms with Gasteiger partial charge in [0.05, 0.1) is 13.2 Å². The normalized spacial score (nSPS) is 28.2. The van der Waals surface area contributed by atoms with Gasteiger partial charge in [0.25, 0.3) is 0 Å². The van der Waals surface area contributed by atoms with Gasteiger partial charge in [-0.2, -0.15) is 0 Å². The van der Waals surface area contributed by atoms with Gasteiger partial charge in [0, 0.05) is 59.1 Å². The first-order chi connectivity index (χ1) is 25.0. The van der Waals surface area contributed by atoms with Crippen LogP contribution in [0.15, 0.2) is 33.5 Å². The Labute approximate surface area is 301 Å². The molecular formula is C34H40O19. The lowest BCUT2D eigenvalue weighted by Gasteiger charge is -2.48. The van der Waals surface area contributed by atoms with E-state index in [1.54, 1.807) is 0 Å². The molecule has 10 atom stereocenters. The molecule has 0 N–H and O–H groups in total. The second-order valence-corrected chi connectivity index (χ2v) is 11.9. The first-order valence-electron chi connectivity index (χ1n) is 16.2. The summed E-state index contributed by atoms with van der Waals surface area (Å²) >= 11 is 0. The number of carbonyl (C=O) groups is 6. The van der Waals surface area contributed by atoms with Crippen molar-refractivity contribution in [2.45, 2.75) is 110 Å². The molecule has 0 aliphatic carbocycles. The van der Waals surface area contributed by atoms with E-state index in [0.717, 1.165) is 41.5 Å². The Morgan fingerprint density at radius 2 is 1.17 bits per heavy atom. The van der Waals surface area contributed by atoms with Crippen molar-refractivity contribution in [3.05, 3.63) is 34.7 Å². The van der Waals surface area contributed by atoms with E-state index in [-0.39, 0.29) is 17.1 Å². The molecule has 10 unspecified atom stereocenters. The second kappa shape index (κ2) is 17.5. The summed E-state index contributed by atoms with van der Waals surface area (Å²) in [5, 5.41) is 0.458. The maximum atomic E-state index is 12.6. The molecule has 2 aliphatic rings. The summed E-state index contributed by atoms with van der Waals surface area (Å²) in [4.78, 5) is 85.6. The van der Waals surface area contributed by atoms with Crippen molar-refractivity contribution >= 4 is 46.8 Å². The molecule has 19 heteroatoms. The van der Waals surface area contributed by atoms with Crippen molar-refractivity contribution in [1.29, 1.82) is 0 Å². The fourth-order valence-electron chi connectivity index (χ4n) is 5.80. The zero-order valence-corrected chi connectivity index (χ0v) is 30.0. The molecule has 2 aromatic rings. The molecule has 53 heavy (non-hydrogen) atoms. The first kappa shape index (κ1) is 40.5. The third kappa shape index (κ3) is 10.4. The van der Waals surface area contributed by atoms with Crippen LogP contribution in [0.1, 0.15) is 48.5 Å². The minimum absolute atomic E-state index is 0.0764. The quantitative estimate of drug-likeness (QED) is 0.169. The molecule has 0 saturated carbocycles. The summed E-state index contributed by atoms with van der Waals surface area (Å²) in [5.74, 6) is -4.94. The van der Waals surface area contributed by atoms with E-state index in [1.807, 2.05) is 0 Å². The summed E-state index contributed by atoms with van der Waals surface area (Å²) in [5.41, 5.74) is -0.591. The number of rotatable bonds is 12. The maximum Gasteiger partial charge on any atom is 0.336 e. The minimum atomic E-state index is -1.71. The van der Waals surface area contributed by atoms with Gasteiger partial charge in [0.1, 0.15) is 18.3 Å². The number of benzene rings is 1. The van der Waals surface area contributed by atoms with E-state index in [0.29, 0.717) is 5.39 Å². The SMILES string of the molecule is COc1cc2ccc(=O)oc2cc1OC1OC(COC(C)=O)C(OC(C)=O)C(OC(C)=O)C1OC1OC(C)C(OC(C)=O)C(OC(C)=O)C1OC(C)=O. The summed E-state index contributed by atoms with van der Waals surface area (Å²) in [6.07, 6.45) is -15.1. The van der Waals surface area contributed by atoms with Gasteiger partial charge in [-0.15, -0.1) is 0 Å². The first-order valence-corrected chi connectivity index (χ1v) is 16.2. The van der Waals surface area contributed by atoms with Crippen LogP contribution < -0.4 is 15.1 Å². The monoisotopic (exact) mass is 752 g/mol. The number of esters is 6. The summed E-state index contributed by atoms with van der Waals surface area (Å²) in [6.45, 7) is 7.42. The molecule has 0 spiro atoms. The molecule has 2 aliphatic heterocycles. The Kier molecular flexibility index (Phi) is 13.4. The molecule has 0 radical (unpaired) electrons. The zero-order valence-electron chi connectivity index (χ0n) is 30.0. The standard InChI is InChI=1S/C34H40O19/c1-14-27(45-16(3)36)29(47-18(5)38)31(49-20(7)40)33(44-14)53-32-30(48-19(6)39)28(46-17(4)37)25(13-43-15(2)35)52-34(32)51-24-12-22-21(11-23(24)42-8)9-10-26(41)50-22/h9-12,14,25,27-34H,13H2,1-8H3. The molecule has 290 valence electrons. The van der Waals surface area contributed by atoms with Crippen LogP contribution in [0.3, 0.4) is 0 Å². The van der Waals surface area contributed by atoms with Gasteiger partial charge in [-0.05, 0) is 19.1 Å². The van der Waals surface area contributed by atoms with E-state index in [9.17, 15) is 33.6 Å². The average Bonchev–Trinajstić information content (AvgIpc) is 3.04. The molecule has 0 amide bonds. The highest BCUT2D eigenvalue weighted by Gasteiger charge is 2.57. The van der Waals surface area contributed by atoms with Gasteiger partial charge >= 0.3 is 41.4 Å². The van der Waals surface area contributed by atoms with Gasteiger partial charge in [-0.1, -0.05) is 0 Å². The van der Waals surface area contributed by atoms with Crippen molar-refractivity contribution in [2.75, 3.05) is 13.7 Å². The minimum Gasteiger partial charge on any atom is -0.493 e. The summed E-state index contributed by atoms with van der Waals surface area (Å²) in [7, 11) is 1.33. The van der Waals surface area contributed by atoms with Gasteiger partial charge in [0.15, 0.2) is 54.4 Å². The number of hydrogen-bond acceptors (Lipinski definition) is 19. The Balaban J connectivity index is 1.88. The Bertz CT molecular complexity index is 1750. The van der Waals surface area contributed by atoms with Crippen LogP contribution in [-0.2, 0) is 71.4 Å². The number of hydrogen-bond donors (Lipinski definition) is 0. The molecule has 2 fully saturated rings. The van der Waals surface area contributed by atoms with Gasteiger partial charge in [-0.3, -0.25) is 28.8 Å². The Morgan fingerprint density at radius 3 is 1.74 bits per heavy atom. The van der Waals surface area contributed by atoms with Crippen LogP contribution in [0, 0.1) is 0 Å². The number of methoxy groups -OCH3 is 1. The third-order valence-corrected chi connectivity index (χ3v) is 7.72. The highest BCUT2D eigenvalue weighted by atomic mass is 16.8. The maximum absolute atomic E-state index is 12.6. The molecule has 2 saturated heterocycles. The van der Waals surface area contributed by atoms with E-state index < -0.39 is 109 Å². The fourth-order valence-corrected chi connectivity index (χ4v) is 5.80. The largest absolute Gasteiger partial charge is 0.493 e. The van der Waals surface area contributed by atoms with Gasteiger partial charge < -0.3 is 56.5 Å². The molecule has 0 bridgehead atoms. The Hall–Kier alpha value is -5.27. The van der Waals surface area contributed by atoms with Crippen LogP contribution >= 0.6 is 0 Å². The predicted octanol–water partition coefficient (Wildman–Crippen LogP) is 1.26. The molecule has 3 heterocycles. The van der Waals surface area contributed by atoms with Crippen LogP contribution in [0.2, 0.25) is 0 Å². The number of fused-ring (bicyclic) bond motifs is 1. The summed E-state index contributed by atoms with van der Waals surface area (Å²) in [6, 6.07) is 5.51. The molecular weight excluding hydrogens is 712 g/mol. The van der Waals surface area contributed by atoms with Crippen molar-refractivity contribution < 1.29 is 85.3 Å². The molecule has 1 aromatic heterocycles. The van der Waals surface area contributed by atoms with Crippen LogP contribution in [-0.4, -0.2) is 111 Å². The molecule has 19 nitrogen and oxygen atoms in total. The lowest BCUT2D eigenvalue weighted by atomic mass is 9.96. The smallest absolute Gasteiger partial charge is 0.336 e. The summed E-state index contributed by atoms with van der Waals surface area (Å²) < 4.78 is 68.5. The lowest BCUT2D eigenvalue weighted by Crippen LogP contribution is -2.67. The zero-order chi connectivity index (χ0) is 39.1. The number of carbonyl (C=O) groups excluding carboxylic acids is 6. The van der Waals surface area contributed by atoms with E-state index in [1.165, 1.54) is 38.3 Å². The highest BCUT2D eigenvalue weighted by molar-refractivity contribution is 5.80. The number of ether oxygens (including phenoxy) is 11. The molecule has 4 rings (SSSR count). The predicted molar refractivity (Wildman–Crippen MR) is 172 cm³/mol. The Morgan fingerprint density at radius 1 is 0.623 bits per heavy atom. The topological polar surface area (TPSA) is 234 Å². The highest BCUT2D eigenvalue weighted by Crippen LogP contribution is 2.38. The van der Waals surface area contributed by atoms with Crippen molar-refractivity contribution in [2.24, 2.45) is 0 Å². The van der Waals surface area contributed by atoms with Gasteiger partial charge in [0.2, 0.25) is 6.29 Å². The van der Waals surface area contributed by atoms with E-state index >= 15 is 0 Å². The fraction of sp³-hybridized carbons (Fsp3) is 0.559. The molecule has 1 aromatic carbocycles. The third-order valence-electron chi connectivity index (χ3n) is 7.72.